The molecule has 1 saturated heterocycles. The zero-order valence-electron chi connectivity index (χ0n) is 12.9. The molecule has 0 radical (unpaired) electrons. The van der Waals surface area contributed by atoms with Crippen LogP contribution in [-0.2, 0) is 24.4 Å². The number of rotatable bonds is 7. The smallest absolute Gasteiger partial charge is 0.195 e. The van der Waals surface area contributed by atoms with Crippen molar-refractivity contribution in [1.29, 1.82) is 0 Å². The van der Waals surface area contributed by atoms with Crippen molar-refractivity contribution in [3.05, 3.63) is 60.7 Å². The monoisotopic (exact) mass is 366 g/mol. The predicted octanol–water partition coefficient (Wildman–Crippen LogP) is 2.44. The van der Waals surface area contributed by atoms with Crippen LogP contribution in [-0.4, -0.2) is 34.1 Å². The standard InChI is InChI=1S/C17H18O5S2/c18-23(19,15-7-3-1-4-8-15)17(12-11-14-13-22-14)24(20,21)16-9-5-2-6-10-16/h1-10,14,17H,11-13H2. The molecule has 2 aromatic carbocycles. The van der Waals surface area contributed by atoms with Crippen LogP contribution in [0.4, 0.5) is 0 Å². The van der Waals surface area contributed by atoms with E-state index in [1.54, 1.807) is 36.4 Å². The molecule has 0 spiro atoms. The van der Waals surface area contributed by atoms with Crippen LogP contribution in [0.15, 0.2) is 70.5 Å². The van der Waals surface area contributed by atoms with Crippen molar-refractivity contribution in [2.24, 2.45) is 0 Å². The van der Waals surface area contributed by atoms with E-state index in [0.717, 1.165) is 0 Å². The quantitative estimate of drug-likeness (QED) is 0.703. The van der Waals surface area contributed by atoms with Gasteiger partial charge in [0.15, 0.2) is 24.3 Å². The first-order chi connectivity index (χ1) is 11.4. The summed E-state index contributed by atoms with van der Waals surface area (Å²) < 4.78 is 55.5. The van der Waals surface area contributed by atoms with E-state index in [2.05, 4.69) is 0 Å². The van der Waals surface area contributed by atoms with Gasteiger partial charge in [-0.2, -0.15) is 0 Å². The third-order valence-electron chi connectivity index (χ3n) is 3.96. The summed E-state index contributed by atoms with van der Waals surface area (Å²) in [5, 5.41) is 0. The van der Waals surface area contributed by atoms with Crippen molar-refractivity contribution in [2.75, 3.05) is 6.61 Å². The summed E-state index contributed by atoms with van der Waals surface area (Å²) >= 11 is 0. The van der Waals surface area contributed by atoms with Crippen LogP contribution in [0.3, 0.4) is 0 Å². The molecule has 5 nitrogen and oxygen atoms in total. The highest BCUT2D eigenvalue weighted by molar-refractivity contribution is 8.09. The minimum atomic E-state index is -4.02. The highest BCUT2D eigenvalue weighted by Gasteiger charge is 2.40. The average molecular weight is 366 g/mol. The Morgan fingerprint density at radius 2 is 1.25 bits per heavy atom. The largest absolute Gasteiger partial charge is 0.373 e. The highest BCUT2D eigenvalue weighted by Crippen LogP contribution is 2.30. The topological polar surface area (TPSA) is 80.8 Å². The van der Waals surface area contributed by atoms with E-state index in [0.29, 0.717) is 13.0 Å². The van der Waals surface area contributed by atoms with Crippen molar-refractivity contribution in [1.82, 2.24) is 0 Å². The molecular formula is C17H18O5S2. The lowest BCUT2D eigenvalue weighted by molar-refractivity contribution is 0.393. The van der Waals surface area contributed by atoms with Gasteiger partial charge in [-0.15, -0.1) is 0 Å². The van der Waals surface area contributed by atoms with Crippen molar-refractivity contribution in [3.63, 3.8) is 0 Å². The second-order valence-electron chi connectivity index (χ2n) is 5.68. The molecule has 1 aliphatic rings. The number of benzene rings is 2. The Balaban J connectivity index is 2.03. The maximum atomic E-state index is 13.0. The fourth-order valence-electron chi connectivity index (χ4n) is 2.56. The Bertz CT molecular complexity index is 817. The molecule has 0 N–H and O–H groups in total. The maximum absolute atomic E-state index is 13.0. The Hall–Kier alpha value is -1.70. The first-order valence-corrected chi connectivity index (χ1v) is 10.7. The Morgan fingerprint density at radius 3 is 1.62 bits per heavy atom. The Morgan fingerprint density at radius 1 is 0.833 bits per heavy atom. The van der Waals surface area contributed by atoms with E-state index in [9.17, 15) is 16.8 Å². The Labute approximate surface area is 142 Å². The lowest BCUT2D eigenvalue weighted by Gasteiger charge is -2.18. The van der Waals surface area contributed by atoms with Crippen molar-refractivity contribution in [3.8, 4) is 0 Å². The van der Waals surface area contributed by atoms with E-state index in [4.69, 9.17) is 4.74 Å². The fourth-order valence-corrected chi connectivity index (χ4v) is 7.13. The second-order valence-corrected chi connectivity index (χ2v) is 10.2. The summed E-state index contributed by atoms with van der Waals surface area (Å²) in [7, 11) is -8.04. The SMILES string of the molecule is O=S(=O)(c1ccccc1)C(CCC1CO1)S(=O)(=O)c1ccccc1. The predicted molar refractivity (Wildman–Crippen MR) is 90.0 cm³/mol. The number of hydrogen-bond acceptors (Lipinski definition) is 5. The fraction of sp³-hybridized carbons (Fsp3) is 0.294. The first kappa shape index (κ1) is 17.1. The van der Waals surface area contributed by atoms with Gasteiger partial charge in [0, 0.05) is 0 Å². The van der Waals surface area contributed by atoms with Crippen LogP contribution in [0.5, 0.6) is 0 Å². The normalized spacial score (nSPS) is 17.8. The van der Waals surface area contributed by atoms with E-state index in [-0.39, 0.29) is 22.3 Å². The van der Waals surface area contributed by atoms with Gasteiger partial charge >= 0.3 is 0 Å². The third-order valence-corrected chi connectivity index (χ3v) is 9.20. The summed E-state index contributed by atoms with van der Waals surface area (Å²) in [6.45, 7) is 0.559. The van der Waals surface area contributed by atoms with Gasteiger partial charge in [-0.25, -0.2) is 16.8 Å². The number of hydrogen-bond donors (Lipinski definition) is 0. The molecule has 1 heterocycles. The zero-order chi connectivity index (χ0) is 17.2. The van der Waals surface area contributed by atoms with Crippen LogP contribution in [0.2, 0.25) is 0 Å². The molecule has 1 unspecified atom stereocenters. The van der Waals surface area contributed by atoms with Gasteiger partial charge in [-0.3, -0.25) is 0 Å². The number of ether oxygens (including phenoxy) is 1. The molecule has 128 valence electrons. The summed E-state index contributed by atoms with van der Waals surface area (Å²) in [6.07, 6.45) is 0.381. The molecular weight excluding hydrogens is 348 g/mol. The summed E-state index contributed by atoms with van der Waals surface area (Å²) in [5.41, 5.74) is 0. The van der Waals surface area contributed by atoms with Crippen LogP contribution >= 0.6 is 0 Å². The van der Waals surface area contributed by atoms with Crippen LogP contribution in [0, 0.1) is 0 Å². The summed E-state index contributed by atoms with van der Waals surface area (Å²) in [6, 6.07) is 15.4. The minimum absolute atomic E-state index is 0.0130. The van der Waals surface area contributed by atoms with Gasteiger partial charge < -0.3 is 4.74 Å². The molecule has 2 aromatic rings. The summed E-state index contributed by atoms with van der Waals surface area (Å²) in [4.78, 5) is 0.0393. The van der Waals surface area contributed by atoms with E-state index < -0.39 is 24.3 Å². The molecule has 0 amide bonds. The Kier molecular flexibility index (Phi) is 4.76. The molecule has 0 bridgehead atoms. The van der Waals surface area contributed by atoms with Crippen molar-refractivity contribution >= 4 is 19.7 Å². The van der Waals surface area contributed by atoms with Gasteiger partial charge in [0.25, 0.3) is 0 Å². The van der Waals surface area contributed by atoms with Gasteiger partial charge in [-0.05, 0) is 37.1 Å². The molecule has 0 saturated carbocycles. The molecule has 0 aliphatic carbocycles. The van der Waals surface area contributed by atoms with Crippen LogP contribution in [0.25, 0.3) is 0 Å². The van der Waals surface area contributed by atoms with Gasteiger partial charge in [0.2, 0.25) is 0 Å². The molecule has 0 aromatic heterocycles. The molecule has 24 heavy (non-hydrogen) atoms. The molecule has 1 aliphatic heterocycles. The molecule has 1 atom stereocenters. The minimum Gasteiger partial charge on any atom is -0.373 e. The first-order valence-electron chi connectivity index (χ1n) is 7.62. The second kappa shape index (κ2) is 6.66. The lowest BCUT2D eigenvalue weighted by Crippen LogP contribution is -2.31. The van der Waals surface area contributed by atoms with E-state index in [1.165, 1.54) is 24.3 Å². The lowest BCUT2D eigenvalue weighted by atomic mass is 10.3. The van der Waals surface area contributed by atoms with Crippen molar-refractivity contribution in [2.45, 2.75) is 33.3 Å². The molecule has 3 rings (SSSR count). The van der Waals surface area contributed by atoms with Crippen LogP contribution in [0.1, 0.15) is 12.8 Å². The number of sulfone groups is 2. The third kappa shape index (κ3) is 3.53. The van der Waals surface area contributed by atoms with Crippen molar-refractivity contribution < 1.29 is 21.6 Å². The summed E-state index contributed by atoms with van der Waals surface area (Å²) in [5.74, 6) is 0. The van der Waals surface area contributed by atoms with Gasteiger partial charge in [-0.1, -0.05) is 36.4 Å². The van der Waals surface area contributed by atoms with E-state index >= 15 is 0 Å². The van der Waals surface area contributed by atoms with Gasteiger partial charge in [0.1, 0.15) is 0 Å². The average Bonchev–Trinajstić information content (AvgIpc) is 3.40. The van der Waals surface area contributed by atoms with Crippen LogP contribution < -0.4 is 0 Å². The highest BCUT2D eigenvalue weighted by atomic mass is 32.3. The molecule has 7 heteroatoms. The molecule has 1 fully saturated rings. The van der Waals surface area contributed by atoms with E-state index in [1.807, 2.05) is 0 Å². The van der Waals surface area contributed by atoms with Gasteiger partial charge in [0.05, 0.1) is 22.5 Å². The number of epoxide rings is 1. The maximum Gasteiger partial charge on any atom is 0.195 e. The zero-order valence-corrected chi connectivity index (χ0v) is 14.5.